The van der Waals surface area contributed by atoms with Crippen molar-refractivity contribution < 1.29 is 14.6 Å². The molecule has 5 heteroatoms. The van der Waals surface area contributed by atoms with E-state index >= 15 is 0 Å². The molecule has 0 aromatic heterocycles. The van der Waals surface area contributed by atoms with Gasteiger partial charge in [0.25, 0.3) is 0 Å². The second kappa shape index (κ2) is 5.72. The molecule has 0 amide bonds. The molecule has 0 aliphatic heterocycles. The van der Waals surface area contributed by atoms with Crippen molar-refractivity contribution >= 4 is 17.7 Å². The molecule has 0 spiro atoms. The number of carbonyl (C=O) groups is 1. The van der Waals surface area contributed by atoms with E-state index in [-0.39, 0.29) is 11.4 Å². The highest BCUT2D eigenvalue weighted by molar-refractivity contribution is 8.00. The largest absolute Gasteiger partial charge is 0.480 e. The zero-order valence-corrected chi connectivity index (χ0v) is 10.1. The maximum atomic E-state index is 10.9. The number of hydrogen-bond acceptors (Lipinski definition) is 4. The summed E-state index contributed by atoms with van der Waals surface area (Å²) < 4.78 is 5.13. The number of carboxylic acids is 1. The molecule has 0 aromatic rings. The predicted octanol–water partition coefficient (Wildman–Crippen LogP) is 0.961. The van der Waals surface area contributed by atoms with E-state index in [1.54, 1.807) is 0 Å². The Bertz CT molecular complexity index is 213. The number of carboxylic acid groups (broad SMARTS) is 1. The van der Waals surface area contributed by atoms with Gasteiger partial charge in [-0.1, -0.05) is 6.42 Å². The van der Waals surface area contributed by atoms with Crippen LogP contribution in [0.2, 0.25) is 0 Å². The standard InChI is InChI=1S/C10H19NO3S/c1-14-6-8(9(12)13)11-7-10(15-2)4-3-5-10/h8,11H,3-7H2,1-2H3,(H,12,13). The lowest BCUT2D eigenvalue weighted by molar-refractivity contribution is -0.140. The van der Waals surface area contributed by atoms with E-state index in [2.05, 4.69) is 11.6 Å². The van der Waals surface area contributed by atoms with E-state index < -0.39 is 12.0 Å². The summed E-state index contributed by atoms with van der Waals surface area (Å²) in [6, 6.07) is -0.584. The molecule has 88 valence electrons. The molecule has 1 aliphatic carbocycles. The summed E-state index contributed by atoms with van der Waals surface area (Å²) in [7, 11) is 1.52. The average molecular weight is 233 g/mol. The average Bonchev–Trinajstić information content (AvgIpc) is 2.14. The van der Waals surface area contributed by atoms with Gasteiger partial charge >= 0.3 is 5.97 Å². The van der Waals surface area contributed by atoms with Crippen LogP contribution in [-0.4, -0.2) is 48.4 Å². The van der Waals surface area contributed by atoms with E-state index in [0.717, 1.165) is 6.54 Å². The highest BCUT2D eigenvalue weighted by Crippen LogP contribution is 2.42. The minimum Gasteiger partial charge on any atom is -0.480 e. The molecule has 1 unspecified atom stereocenters. The van der Waals surface area contributed by atoms with E-state index in [4.69, 9.17) is 9.84 Å². The molecule has 0 heterocycles. The first-order chi connectivity index (χ1) is 7.13. The van der Waals surface area contributed by atoms with Gasteiger partial charge in [-0.15, -0.1) is 0 Å². The van der Waals surface area contributed by atoms with E-state index in [9.17, 15) is 4.79 Å². The van der Waals surface area contributed by atoms with Gasteiger partial charge < -0.3 is 15.2 Å². The Balaban J connectivity index is 2.35. The molecule has 15 heavy (non-hydrogen) atoms. The molecule has 2 N–H and O–H groups in total. The van der Waals surface area contributed by atoms with Crippen LogP contribution in [0.3, 0.4) is 0 Å². The molecule has 1 saturated carbocycles. The number of ether oxygens (including phenoxy) is 1. The summed E-state index contributed by atoms with van der Waals surface area (Å²) in [6.07, 6.45) is 5.71. The van der Waals surface area contributed by atoms with Crippen LogP contribution >= 0.6 is 11.8 Å². The van der Waals surface area contributed by atoms with Crippen molar-refractivity contribution in [2.24, 2.45) is 0 Å². The van der Waals surface area contributed by atoms with Gasteiger partial charge in [-0.05, 0) is 19.1 Å². The third kappa shape index (κ3) is 3.36. The Morgan fingerprint density at radius 3 is 2.67 bits per heavy atom. The fraction of sp³-hybridized carbons (Fsp3) is 0.900. The number of aliphatic carboxylic acids is 1. The normalized spacial score (nSPS) is 20.7. The Kier molecular flexibility index (Phi) is 4.89. The maximum absolute atomic E-state index is 10.9. The third-order valence-corrected chi connectivity index (χ3v) is 4.42. The van der Waals surface area contributed by atoms with Gasteiger partial charge in [0, 0.05) is 18.4 Å². The van der Waals surface area contributed by atoms with Gasteiger partial charge in [-0.2, -0.15) is 11.8 Å². The summed E-state index contributed by atoms with van der Waals surface area (Å²) >= 11 is 1.83. The van der Waals surface area contributed by atoms with Gasteiger partial charge in [-0.25, -0.2) is 0 Å². The fourth-order valence-electron chi connectivity index (χ4n) is 1.72. The summed E-state index contributed by atoms with van der Waals surface area (Å²) in [5.41, 5.74) is 0. The molecular formula is C10H19NO3S. The number of nitrogens with one attached hydrogen (secondary N) is 1. The van der Waals surface area contributed by atoms with Crippen molar-refractivity contribution in [3.63, 3.8) is 0 Å². The quantitative estimate of drug-likeness (QED) is 0.686. The molecular weight excluding hydrogens is 214 g/mol. The molecule has 0 bridgehead atoms. The third-order valence-electron chi connectivity index (χ3n) is 3.00. The number of rotatable bonds is 7. The molecule has 0 saturated heterocycles. The van der Waals surface area contributed by atoms with Crippen LogP contribution in [0.15, 0.2) is 0 Å². The Labute approximate surface area is 94.8 Å². The van der Waals surface area contributed by atoms with Crippen molar-refractivity contribution in [2.75, 3.05) is 26.5 Å². The van der Waals surface area contributed by atoms with Crippen LogP contribution in [0.4, 0.5) is 0 Å². The van der Waals surface area contributed by atoms with Crippen molar-refractivity contribution in [1.29, 1.82) is 0 Å². The minimum absolute atomic E-state index is 0.222. The topological polar surface area (TPSA) is 58.6 Å². The number of methoxy groups -OCH3 is 1. The molecule has 1 aliphatic rings. The first-order valence-electron chi connectivity index (χ1n) is 5.14. The second-order valence-corrected chi connectivity index (χ2v) is 5.24. The Morgan fingerprint density at radius 1 is 1.67 bits per heavy atom. The lowest BCUT2D eigenvalue weighted by atomic mass is 9.84. The molecule has 1 atom stereocenters. The molecule has 0 radical (unpaired) electrons. The smallest absolute Gasteiger partial charge is 0.323 e. The summed E-state index contributed by atoms with van der Waals surface area (Å²) in [5, 5.41) is 12.0. The van der Waals surface area contributed by atoms with Crippen molar-refractivity contribution in [3.8, 4) is 0 Å². The van der Waals surface area contributed by atoms with E-state index in [1.807, 2.05) is 11.8 Å². The van der Waals surface area contributed by atoms with Crippen LogP contribution in [0, 0.1) is 0 Å². The molecule has 1 fully saturated rings. The fourth-order valence-corrected chi connectivity index (χ4v) is 2.64. The maximum Gasteiger partial charge on any atom is 0.323 e. The van der Waals surface area contributed by atoms with Crippen LogP contribution in [0.5, 0.6) is 0 Å². The van der Waals surface area contributed by atoms with Crippen LogP contribution < -0.4 is 5.32 Å². The highest BCUT2D eigenvalue weighted by atomic mass is 32.2. The minimum atomic E-state index is -0.840. The first kappa shape index (κ1) is 12.8. The lowest BCUT2D eigenvalue weighted by Crippen LogP contribution is -2.50. The summed E-state index contributed by atoms with van der Waals surface area (Å²) in [4.78, 5) is 10.9. The Hall–Kier alpha value is -0.260. The van der Waals surface area contributed by atoms with Gasteiger partial charge in [0.1, 0.15) is 6.04 Å². The predicted molar refractivity (Wildman–Crippen MR) is 61.4 cm³/mol. The van der Waals surface area contributed by atoms with Crippen LogP contribution in [0.1, 0.15) is 19.3 Å². The molecule has 1 rings (SSSR count). The number of hydrogen-bond donors (Lipinski definition) is 2. The zero-order chi connectivity index (χ0) is 11.3. The Morgan fingerprint density at radius 2 is 2.33 bits per heavy atom. The van der Waals surface area contributed by atoms with Gasteiger partial charge in [-0.3, -0.25) is 4.79 Å². The van der Waals surface area contributed by atoms with Crippen LogP contribution in [0.25, 0.3) is 0 Å². The van der Waals surface area contributed by atoms with E-state index in [1.165, 1.54) is 26.4 Å². The van der Waals surface area contributed by atoms with Crippen molar-refractivity contribution in [1.82, 2.24) is 5.32 Å². The molecule has 4 nitrogen and oxygen atoms in total. The summed E-state index contributed by atoms with van der Waals surface area (Å²) in [6.45, 7) is 0.980. The zero-order valence-electron chi connectivity index (χ0n) is 9.28. The van der Waals surface area contributed by atoms with Gasteiger partial charge in [0.15, 0.2) is 0 Å². The van der Waals surface area contributed by atoms with E-state index in [0.29, 0.717) is 0 Å². The monoisotopic (exact) mass is 233 g/mol. The SMILES string of the molecule is COCC(NCC1(SC)CCC1)C(=O)O. The van der Waals surface area contributed by atoms with Crippen molar-refractivity contribution in [2.45, 2.75) is 30.1 Å². The van der Waals surface area contributed by atoms with Gasteiger partial charge in [0.2, 0.25) is 0 Å². The van der Waals surface area contributed by atoms with Gasteiger partial charge in [0.05, 0.1) is 6.61 Å². The van der Waals surface area contributed by atoms with Crippen molar-refractivity contribution in [3.05, 3.63) is 0 Å². The first-order valence-corrected chi connectivity index (χ1v) is 6.36. The van der Waals surface area contributed by atoms with Crippen LogP contribution in [-0.2, 0) is 9.53 Å². The molecule has 0 aromatic carbocycles. The highest BCUT2D eigenvalue weighted by Gasteiger charge is 2.36. The lowest BCUT2D eigenvalue weighted by Gasteiger charge is -2.41. The number of thioether (sulfide) groups is 1. The second-order valence-electron chi connectivity index (χ2n) is 3.97. The summed E-state index contributed by atoms with van der Waals surface area (Å²) in [5.74, 6) is -0.840.